The van der Waals surface area contributed by atoms with E-state index < -0.39 is 0 Å². The number of nitrogens with one attached hydrogen (secondary N) is 1. The highest BCUT2D eigenvalue weighted by Gasteiger charge is 2.22. The van der Waals surface area contributed by atoms with Crippen LogP contribution < -0.4 is 5.32 Å². The average molecular weight is 237 g/mol. The smallest absolute Gasteiger partial charge is 0.0951 e. The van der Waals surface area contributed by atoms with Crippen molar-refractivity contribution in [1.82, 2.24) is 14.9 Å². The van der Waals surface area contributed by atoms with Gasteiger partial charge in [0.15, 0.2) is 0 Å². The number of ether oxygens (including phenoxy) is 1. The zero-order chi connectivity index (χ0) is 12.3. The maximum atomic E-state index is 5.42. The quantitative estimate of drug-likeness (QED) is 0.851. The lowest BCUT2D eigenvalue weighted by Crippen LogP contribution is -2.34. The molecule has 2 rings (SSSR count). The molecule has 2 unspecified atom stereocenters. The molecule has 1 aliphatic heterocycles. The Morgan fingerprint density at radius 1 is 1.53 bits per heavy atom. The first-order chi connectivity index (χ1) is 8.18. The number of hydrogen-bond acceptors (Lipinski definition) is 3. The molecular formula is C13H23N3O. The van der Waals surface area contributed by atoms with E-state index in [4.69, 9.17) is 4.74 Å². The first-order valence-corrected chi connectivity index (χ1v) is 6.50. The summed E-state index contributed by atoms with van der Waals surface area (Å²) in [6.07, 6.45) is 5.04. The van der Waals surface area contributed by atoms with E-state index in [0.29, 0.717) is 18.0 Å². The van der Waals surface area contributed by atoms with Crippen molar-refractivity contribution in [3.63, 3.8) is 0 Å². The van der Waals surface area contributed by atoms with Crippen LogP contribution in [0.25, 0.3) is 0 Å². The zero-order valence-electron chi connectivity index (χ0n) is 11.0. The Hall–Kier alpha value is -0.870. The summed E-state index contributed by atoms with van der Waals surface area (Å²) in [4.78, 5) is 4.22. The van der Waals surface area contributed by atoms with Crippen LogP contribution in [0.1, 0.15) is 38.9 Å². The van der Waals surface area contributed by atoms with Crippen LogP contribution in [0, 0.1) is 5.92 Å². The predicted molar refractivity (Wildman–Crippen MR) is 67.8 cm³/mol. The normalized spacial score (nSPS) is 22.2. The standard InChI is InChI=1S/C13H23N3O/c1-10(2)16-9-14-6-13(16)7-15-11(3)12-4-5-17-8-12/h6,9-12,15H,4-5,7-8H2,1-3H3. The molecule has 2 heterocycles. The van der Waals surface area contributed by atoms with Gasteiger partial charge in [0.05, 0.1) is 18.6 Å². The monoisotopic (exact) mass is 237 g/mol. The molecule has 1 fully saturated rings. The van der Waals surface area contributed by atoms with Gasteiger partial charge < -0.3 is 14.6 Å². The molecule has 1 saturated heterocycles. The highest BCUT2D eigenvalue weighted by Crippen LogP contribution is 2.17. The fraction of sp³-hybridized carbons (Fsp3) is 0.769. The molecule has 0 aromatic carbocycles. The number of hydrogen-bond donors (Lipinski definition) is 1. The van der Waals surface area contributed by atoms with Crippen molar-refractivity contribution in [2.75, 3.05) is 13.2 Å². The molecule has 1 aliphatic rings. The van der Waals surface area contributed by atoms with Crippen molar-refractivity contribution in [2.24, 2.45) is 5.92 Å². The Kier molecular flexibility index (Phi) is 4.18. The van der Waals surface area contributed by atoms with Crippen LogP contribution in [0.5, 0.6) is 0 Å². The predicted octanol–water partition coefficient (Wildman–Crippen LogP) is 1.98. The molecule has 0 radical (unpaired) electrons. The summed E-state index contributed by atoms with van der Waals surface area (Å²) in [5.74, 6) is 0.658. The van der Waals surface area contributed by atoms with E-state index in [1.54, 1.807) is 0 Å². The van der Waals surface area contributed by atoms with E-state index in [1.165, 1.54) is 12.1 Å². The fourth-order valence-corrected chi connectivity index (χ4v) is 2.31. The second-order valence-electron chi connectivity index (χ2n) is 5.18. The van der Waals surface area contributed by atoms with Crippen molar-refractivity contribution in [2.45, 2.75) is 45.8 Å². The summed E-state index contributed by atoms with van der Waals surface area (Å²) >= 11 is 0. The summed E-state index contributed by atoms with van der Waals surface area (Å²) < 4.78 is 7.63. The lowest BCUT2D eigenvalue weighted by molar-refractivity contribution is 0.178. The minimum atomic E-state index is 0.472. The van der Waals surface area contributed by atoms with Gasteiger partial charge >= 0.3 is 0 Å². The van der Waals surface area contributed by atoms with Gasteiger partial charge in [0, 0.05) is 31.4 Å². The van der Waals surface area contributed by atoms with Crippen molar-refractivity contribution < 1.29 is 4.74 Å². The summed E-state index contributed by atoms with van der Waals surface area (Å²) in [7, 11) is 0. The Morgan fingerprint density at radius 3 is 3.00 bits per heavy atom. The van der Waals surface area contributed by atoms with Gasteiger partial charge in [-0.25, -0.2) is 4.98 Å². The first-order valence-electron chi connectivity index (χ1n) is 6.50. The lowest BCUT2D eigenvalue weighted by Gasteiger charge is -2.20. The topological polar surface area (TPSA) is 39.1 Å². The second kappa shape index (κ2) is 5.65. The van der Waals surface area contributed by atoms with E-state index in [9.17, 15) is 0 Å². The highest BCUT2D eigenvalue weighted by atomic mass is 16.5. The van der Waals surface area contributed by atoms with Gasteiger partial charge in [0.2, 0.25) is 0 Å². The summed E-state index contributed by atoms with van der Waals surface area (Å²) in [5.41, 5.74) is 1.26. The SMILES string of the molecule is CC(NCc1cncn1C(C)C)C1CCOC1. The fourth-order valence-electron chi connectivity index (χ4n) is 2.31. The van der Waals surface area contributed by atoms with Gasteiger partial charge in [-0.15, -0.1) is 0 Å². The number of nitrogens with zero attached hydrogens (tertiary/aromatic N) is 2. The van der Waals surface area contributed by atoms with E-state index in [1.807, 2.05) is 12.5 Å². The van der Waals surface area contributed by atoms with Gasteiger partial charge in [-0.1, -0.05) is 0 Å². The summed E-state index contributed by atoms with van der Waals surface area (Å²) in [6, 6.07) is 0.979. The van der Waals surface area contributed by atoms with Crippen molar-refractivity contribution in [1.29, 1.82) is 0 Å². The average Bonchev–Trinajstić information content (AvgIpc) is 2.96. The number of imidazole rings is 1. The van der Waals surface area contributed by atoms with Crippen molar-refractivity contribution in [3.05, 3.63) is 18.2 Å². The Labute approximate surface area is 103 Å². The third-order valence-corrected chi connectivity index (χ3v) is 3.58. The second-order valence-corrected chi connectivity index (χ2v) is 5.18. The van der Waals surface area contributed by atoms with Crippen molar-refractivity contribution >= 4 is 0 Å². The van der Waals surface area contributed by atoms with Crippen LogP contribution in [-0.4, -0.2) is 28.8 Å². The molecule has 0 spiro atoms. The van der Waals surface area contributed by atoms with Crippen LogP contribution in [0.2, 0.25) is 0 Å². The van der Waals surface area contributed by atoms with Crippen LogP contribution in [0.4, 0.5) is 0 Å². The van der Waals surface area contributed by atoms with Crippen molar-refractivity contribution in [3.8, 4) is 0 Å². The number of rotatable bonds is 5. The molecule has 0 aliphatic carbocycles. The van der Waals surface area contributed by atoms with E-state index in [-0.39, 0.29) is 0 Å². The van der Waals surface area contributed by atoms with Gasteiger partial charge in [-0.05, 0) is 33.1 Å². The summed E-state index contributed by atoms with van der Waals surface area (Å²) in [5, 5.41) is 3.58. The maximum Gasteiger partial charge on any atom is 0.0951 e. The van der Waals surface area contributed by atoms with Gasteiger partial charge in [-0.3, -0.25) is 0 Å². The van der Waals surface area contributed by atoms with Gasteiger partial charge in [0.1, 0.15) is 0 Å². The van der Waals surface area contributed by atoms with E-state index in [0.717, 1.165) is 19.8 Å². The summed E-state index contributed by atoms with van der Waals surface area (Å²) in [6.45, 7) is 9.31. The highest BCUT2D eigenvalue weighted by molar-refractivity contribution is 4.99. The Bertz CT molecular complexity index is 342. The maximum absolute atomic E-state index is 5.42. The molecule has 1 aromatic rings. The lowest BCUT2D eigenvalue weighted by atomic mass is 10.0. The molecule has 4 nitrogen and oxygen atoms in total. The van der Waals surface area contributed by atoms with Crippen LogP contribution in [0.15, 0.2) is 12.5 Å². The molecule has 1 N–H and O–H groups in total. The van der Waals surface area contributed by atoms with Gasteiger partial charge in [0.25, 0.3) is 0 Å². The minimum absolute atomic E-state index is 0.472. The van der Waals surface area contributed by atoms with E-state index in [2.05, 4.69) is 35.6 Å². The first kappa shape index (κ1) is 12.6. The third-order valence-electron chi connectivity index (χ3n) is 3.58. The van der Waals surface area contributed by atoms with Crippen LogP contribution in [0.3, 0.4) is 0 Å². The molecule has 2 atom stereocenters. The molecule has 17 heavy (non-hydrogen) atoms. The Morgan fingerprint density at radius 2 is 2.35 bits per heavy atom. The van der Waals surface area contributed by atoms with Gasteiger partial charge in [-0.2, -0.15) is 0 Å². The minimum Gasteiger partial charge on any atom is -0.381 e. The van der Waals surface area contributed by atoms with E-state index >= 15 is 0 Å². The molecule has 0 amide bonds. The molecule has 96 valence electrons. The molecule has 0 saturated carbocycles. The molecular weight excluding hydrogens is 214 g/mol. The third kappa shape index (κ3) is 3.07. The Balaban J connectivity index is 1.86. The molecule has 1 aromatic heterocycles. The number of aromatic nitrogens is 2. The zero-order valence-corrected chi connectivity index (χ0v) is 11.0. The molecule has 4 heteroatoms. The van der Waals surface area contributed by atoms with Crippen LogP contribution >= 0.6 is 0 Å². The van der Waals surface area contributed by atoms with Crippen LogP contribution in [-0.2, 0) is 11.3 Å². The largest absolute Gasteiger partial charge is 0.381 e. The molecule has 0 bridgehead atoms.